The SMILES string of the molecule is COc1cncc2nc(-c3ccnc(Nc4ccc(F)cc4)c3)nc(N[C@@H]3CCNC3)c12. The number of pyridine rings is 2. The number of hydrogen-bond acceptors (Lipinski definition) is 8. The minimum Gasteiger partial charge on any atom is -0.494 e. The number of methoxy groups -OCH3 is 1. The Morgan fingerprint density at radius 2 is 2.00 bits per heavy atom. The minimum atomic E-state index is -0.289. The van der Waals surface area contributed by atoms with E-state index in [2.05, 4.69) is 25.9 Å². The molecule has 0 aliphatic carbocycles. The summed E-state index contributed by atoms with van der Waals surface area (Å²) in [4.78, 5) is 18.2. The fourth-order valence-electron chi connectivity index (χ4n) is 3.73. The van der Waals surface area contributed by atoms with E-state index in [1.54, 1.807) is 37.8 Å². The first-order chi connectivity index (χ1) is 15.7. The molecule has 0 unspecified atom stereocenters. The second-order valence-corrected chi connectivity index (χ2v) is 7.53. The van der Waals surface area contributed by atoms with Crippen LogP contribution in [0.1, 0.15) is 6.42 Å². The monoisotopic (exact) mass is 431 g/mol. The molecule has 0 spiro atoms. The number of anilines is 3. The van der Waals surface area contributed by atoms with E-state index in [1.165, 1.54) is 12.1 Å². The van der Waals surface area contributed by atoms with Gasteiger partial charge in [0.2, 0.25) is 0 Å². The number of fused-ring (bicyclic) bond motifs is 1. The number of aromatic nitrogens is 4. The van der Waals surface area contributed by atoms with Crippen LogP contribution in [-0.4, -0.2) is 46.2 Å². The van der Waals surface area contributed by atoms with Crippen molar-refractivity contribution >= 4 is 28.2 Å². The highest BCUT2D eigenvalue weighted by Gasteiger charge is 2.20. The maximum Gasteiger partial charge on any atom is 0.162 e. The molecule has 8 nitrogen and oxygen atoms in total. The van der Waals surface area contributed by atoms with Gasteiger partial charge >= 0.3 is 0 Å². The molecule has 0 bridgehead atoms. The normalized spacial score (nSPS) is 15.6. The van der Waals surface area contributed by atoms with Crippen LogP contribution in [0.25, 0.3) is 22.3 Å². The van der Waals surface area contributed by atoms with Gasteiger partial charge in [0.15, 0.2) is 5.82 Å². The van der Waals surface area contributed by atoms with Crippen LogP contribution < -0.4 is 20.7 Å². The molecule has 0 radical (unpaired) electrons. The van der Waals surface area contributed by atoms with Gasteiger partial charge in [0.05, 0.1) is 30.4 Å². The highest BCUT2D eigenvalue weighted by Crippen LogP contribution is 2.32. The largest absolute Gasteiger partial charge is 0.494 e. The van der Waals surface area contributed by atoms with Crippen LogP contribution in [0.4, 0.5) is 21.7 Å². The summed E-state index contributed by atoms with van der Waals surface area (Å²) in [5.74, 6) is 2.20. The Morgan fingerprint density at radius 3 is 2.78 bits per heavy atom. The van der Waals surface area contributed by atoms with Crippen molar-refractivity contribution < 1.29 is 9.13 Å². The summed E-state index contributed by atoms with van der Waals surface area (Å²) in [6.45, 7) is 1.84. The lowest BCUT2D eigenvalue weighted by atomic mass is 10.2. The Bertz CT molecular complexity index is 1240. The number of nitrogens with zero attached hydrogens (tertiary/aromatic N) is 4. The van der Waals surface area contributed by atoms with E-state index in [0.717, 1.165) is 36.1 Å². The summed E-state index contributed by atoms with van der Waals surface area (Å²) in [6, 6.07) is 10.1. The highest BCUT2D eigenvalue weighted by molar-refractivity contribution is 5.95. The van der Waals surface area contributed by atoms with Crippen molar-refractivity contribution in [1.29, 1.82) is 0 Å². The molecule has 1 saturated heterocycles. The van der Waals surface area contributed by atoms with Crippen molar-refractivity contribution in [2.24, 2.45) is 0 Å². The van der Waals surface area contributed by atoms with Crippen LogP contribution in [0.3, 0.4) is 0 Å². The molecule has 1 aliphatic heterocycles. The van der Waals surface area contributed by atoms with Gasteiger partial charge in [-0.3, -0.25) is 4.98 Å². The van der Waals surface area contributed by atoms with Crippen molar-refractivity contribution in [3.8, 4) is 17.1 Å². The lowest BCUT2D eigenvalue weighted by molar-refractivity contribution is 0.418. The topological polar surface area (TPSA) is 96.9 Å². The lowest BCUT2D eigenvalue weighted by Gasteiger charge is -2.16. The van der Waals surface area contributed by atoms with E-state index in [1.807, 2.05) is 12.1 Å². The molecular formula is C23H22FN7O. The van der Waals surface area contributed by atoms with E-state index < -0.39 is 0 Å². The number of ether oxygens (including phenoxy) is 1. The number of nitrogens with one attached hydrogen (secondary N) is 3. The zero-order valence-corrected chi connectivity index (χ0v) is 17.5. The molecule has 1 atom stereocenters. The molecule has 0 amide bonds. The third-order valence-corrected chi connectivity index (χ3v) is 5.33. The smallest absolute Gasteiger partial charge is 0.162 e. The quantitative estimate of drug-likeness (QED) is 0.425. The Kier molecular flexibility index (Phi) is 5.47. The van der Waals surface area contributed by atoms with Crippen LogP contribution >= 0.6 is 0 Å². The van der Waals surface area contributed by atoms with E-state index in [4.69, 9.17) is 14.7 Å². The summed E-state index contributed by atoms with van der Waals surface area (Å²) in [7, 11) is 1.61. The summed E-state index contributed by atoms with van der Waals surface area (Å²) in [5, 5.41) is 10.9. The molecule has 4 aromatic rings. The van der Waals surface area contributed by atoms with Crippen molar-refractivity contribution in [2.75, 3.05) is 30.8 Å². The zero-order chi connectivity index (χ0) is 21.9. The first kappa shape index (κ1) is 20.1. The Labute approximate surface area is 184 Å². The van der Waals surface area contributed by atoms with Gasteiger partial charge in [-0.1, -0.05) is 0 Å². The maximum atomic E-state index is 13.2. The molecule has 4 heterocycles. The minimum absolute atomic E-state index is 0.270. The predicted octanol–water partition coefficient (Wildman–Crippen LogP) is 3.75. The second kappa shape index (κ2) is 8.72. The molecule has 0 saturated carbocycles. The summed E-state index contributed by atoms with van der Waals surface area (Å²) < 4.78 is 18.7. The average Bonchev–Trinajstić information content (AvgIpc) is 3.33. The molecule has 9 heteroatoms. The third-order valence-electron chi connectivity index (χ3n) is 5.33. The Balaban J connectivity index is 1.54. The first-order valence-corrected chi connectivity index (χ1v) is 10.4. The summed E-state index contributed by atoms with van der Waals surface area (Å²) in [6.07, 6.45) is 6.07. The van der Waals surface area contributed by atoms with Crippen LogP contribution in [0, 0.1) is 5.82 Å². The predicted molar refractivity (Wildman–Crippen MR) is 122 cm³/mol. The van der Waals surface area contributed by atoms with E-state index >= 15 is 0 Å². The summed E-state index contributed by atoms with van der Waals surface area (Å²) >= 11 is 0. The average molecular weight is 431 g/mol. The van der Waals surface area contributed by atoms with Crippen LogP contribution in [-0.2, 0) is 0 Å². The molecule has 3 aromatic heterocycles. The van der Waals surface area contributed by atoms with Gasteiger partial charge in [-0.2, -0.15) is 0 Å². The van der Waals surface area contributed by atoms with E-state index in [-0.39, 0.29) is 11.9 Å². The molecule has 1 aliphatic rings. The third kappa shape index (κ3) is 4.15. The highest BCUT2D eigenvalue weighted by atomic mass is 19.1. The van der Waals surface area contributed by atoms with Gasteiger partial charge in [0, 0.05) is 30.0 Å². The van der Waals surface area contributed by atoms with Gasteiger partial charge < -0.3 is 20.7 Å². The van der Waals surface area contributed by atoms with Crippen molar-refractivity contribution in [3.05, 3.63) is 60.8 Å². The first-order valence-electron chi connectivity index (χ1n) is 10.4. The molecular weight excluding hydrogens is 409 g/mol. The molecule has 32 heavy (non-hydrogen) atoms. The van der Waals surface area contributed by atoms with E-state index in [9.17, 15) is 4.39 Å². The van der Waals surface area contributed by atoms with Gasteiger partial charge in [-0.25, -0.2) is 19.3 Å². The fourth-order valence-corrected chi connectivity index (χ4v) is 3.73. The fraction of sp³-hybridized carbons (Fsp3) is 0.217. The van der Waals surface area contributed by atoms with Crippen molar-refractivity contribution in [1.82, 2.24) is 25.3 Å². The van der Waals surface area contributed by atoms with Crippen LogP contribution in [0.5, 0.6) is 5.75 Å². The maximum absolute atomic E-state index is 13.2. The zero-order valence-electron chi connectivity index (χ0n) is 17.5. The standard InChI is InChI=1S/C23H22FN7O/c1-32-19-13-26-12-18-21(19)23(29-17-7-8-25-11-17)31-22(30-18)14-6-9-27-20(10-14)28-16-4-2-15(24)3-5-16/h2-6,9-10,12-13,17,25H,7-8,11H2,1H3,(H,27,28)(H,29,30,31)/t17-/m1/s1. The number of benzene rings is 1. The van der Waals surface area contributed by atoms with Gasteiger partial charge in [0.1, 0.15) is 23.2 Å². The van der Waals surface area contributed by atoms with Crippen LogP contribution in [0.2, 0.25) is 0 Å². The van der Waals surface area contributed by atoms with Crippen LogP contribution in [0.15, 0.2) is 55.0 Å². The van der Waals surface area contributed by atoms with E-state index in [0.29, 0.717) is 28.7 Å². The van der Waals surface area contributed by atoms with Gasteiger partial charge in [-0.05, 0) is 49.4 Å². The molecule has 5 rings (SSSR count). The van der Waals surface area contributed by atoms with Crippen molar-refractivity contribution in [3.63, 3.8) is 0 Å². The molecule has 162 valence electrons. The summed E-state index contributed by atoms with van der Waals surface area (Å²) in [5.41, 5.74) is 2.22. The molecule has 3 N–H and O–H groups in total. The lowest BCUT2D eigenvalue weighted by Crippen LogP contribution is -2.23. The Hall–Kier alpha value is -3.85. The number of halogens is 1. The molecule has 1 fully saturated rings. The number of rotatable bonds is 6. The molecule has 1 aromatic carbocycles. The van der Waals surface area contributed by atoms with Gasteiger partial charge in [-0.15, -0.1) is 0 Å². The Morgan fingerprint density at radius 1 is 1.12 bits per heavy atom. The van der Waals surface area contributed by atoms with Gasteiger partial charge in [0.25, 0.3) is 0 Å². The van der Waals surface area contributed by atoms with Crippen molar-refractivity contribution in [2.45, 2.75) is 12.5 Å². The second-order valence-electron chi connectivity index (χ2n) is 7.53. The number of hydrogen-bond donors (Lipinski definition) is 3.